The van der Waals surface area contributed by atoms with Crippen molar-refractivity contribution in [3.05, 3.63) is 29.8 Å². The van der Waals surface area contributed by atoms with E-state index in [-0.39, 0.29) is 17.4 Å². The molecular weight excluding hydrogens is 232 g/mol. The summed E-state index contributed by atoms with van der Waals surface area (Å²) in [5.41, 5.74) is 0.813. The van der Waals surface area contributed by atoms with Crippen LogP contribution in [0.4, 0.5) is 4.79 Å². The van der Waals surface area contributed by atoms with Gasteiger partial charge < -0.3 is 15.2 Å². The van der Waals surface area contributed by atoms with Crippen molar-refractivity contribution in [1.82, 2.24) is 10.2 Å². The average molecular weight is 248 g/mol. The van der Waals surface area contributed by atoms with Gasteiger partial charge in [-0.05, 0) is 30.7 Å². The molecule has 2 heterocycles. The van der Waals surface area contributed by atoms with E-state index in [1.54, 1.807) is 17.0 Å². The molecule has 2 fully saturated rings. The van der Waals surface area contributed by atoms with Crippen LogP contribution in [0, 0.1) is 0 Å². The highest BCUT2D eigenvalue weighted by molar-refractivity contribution is 5.71. The van der Waals surface area contributed by atoms with Gasteiger partial charge in [-0.15, -0.1) is 0 Å². The highest BCUT2D eigenvalue weighted by Gasteiger charge is 2.48. The van der Waals surface area contributed by atoms with Crippen LogP contribution in [0.15, 0.2) is 24.3 Å². The van der Waals surface area contributed by atoms with Gasteiger partial charge in [0.25, 0.3) is 0 Å². The van der Waals surface area contributed by atoms with Crippen LogP contribution in [0.1, 0.15) is 12.0 Å². The molecule has 0 aromatic heterocycles. The number of hydrogen-bond acceptors (Lipinski definition) is 4. The Morgan fingerprint density at radius 3 is 2.83 bits per heavy atom. The largest absolute Gasteiger partial charge is 0.508 e. The van der Waals surface area contributed by atoms with Gasteiger partial charge in [-0.2, -0.15) is 0 Å². The third-order valence-corrected chi connectivity index (χ3v) is 3.76. The maximum Gasteiger partial charge on any atom is 0.410 e. The minimum absolute atomic E-state index is 0.186. The number of carbonyl (C=O) groups excluding carboxylic acids is 1. The number of phenolic OH excluding ortho intramolecular Hbond substituents is 1. The number of phenols is 1. The maximum absolute atomic E-state index is 11.8. The molecule has 1 aromatic carbocycles. The molecule has 1 amide bonds. The molecule has 2 aliphatic heterocycles. The summed E-state index contributed by atoms with van der Waals surface area (Å²) in [6, 6.07) is 6.93. The quantitative estimate of drug-likeness (QED) is 0.822. The molecule has 0 aliphatic carbocycles. The molecule has 5 nitrogen and oxygen atoms in total. The van der Waals surface area contributed by atoms with Gasteiger partial charge in [0.2, 0.25) is 0 Å². The van der Waals surface area contributed by atoms with Gasteiger partial charge in [0, 0.05) is 13.1 Å². The Morgan fingerprint density at radius 2 is 2.17 bits per heavy atom. The Morgan fingerprint density at radius 1 is 1.39 bits per heavy atom. The number of aromatic hydroxyl groups is 1. The van der Waals surface area contributed by atoms with Gasteiger partial charge >= 0.3 is 6.09 Å². The molecule has 2 saturated heterocycles. The summed E-state index contributed by atoms with van der Waals surface area (Å²) < 4.78 is 5.20. The van der Waals surface area contributed by atoms with E-state index in [4.69, 9.17) is 4.74 Å². The molecule has 18 heavy (non-hydrogen) atoms. The van der Waals surface area contributed by atoms with Crippen LogP contribution in [0.3, 0.4) is 0 Å². The fourth-order valence-corrected chi connectivity index (χ4v) is 2.65. The first-order chi connectivity index (χ1) is 8.70. The lowest BCUT2D eigenvalue weighted by molar-refractivity contribution is 0.150. The Kier molecular flexibility index (Phi) is 2.63. The van der Waals surface area contributed by atoms with E-state index in [2.05, 4.69) is 5.32 Å². The SMILES string of the molecule is O=C1OCC2(CCNC2)N1Cc1ccc(O)cc1. The van der Waals surface area contributed by atoms with Gasteiger partial charge in [-0.3, -0.25) is 4.90 Å². The second-order valence-corrected chi connectivity index (χ2v) is 4.96. The number of cyclic esters (lactones) is 1. The van der Waals surface area contributed by atoms with E-state index < -0.39 is 0 Å². The van der Waals surface area contributed by atoms with E-state index in [0.29, 0.717) is 13.2 Å². The molecule has 1 unspecified atom stereocenters. The average Bonchev–Trinajstić information content (AvgIpc) is 2.95. The molecule has 1 atom stereocenters. The van der Waals surface area contributed by atoms with Crippen LogP contribution >= 0.6 is 0 Å². The minimum atomic E-state index is -0.244. The fourth-order valence-electron chi connectivity index (χ4n) is 2.65. The number of benzene rings is 1. The van der Waals surface area contributed by atoms with Crippen molar-refractivity contribution in [2.24, 2.45) is 0 Å². The molecule has 1 aromatic rings. The normalized spacial score (nSPS) is 26.9. The predicted octanol–water partition coefficient (Wildman–Crippen LogP) is 1.08. The van der Waals surface area contributed by atoms with Crippen molar-refractivity contribution >= 4 is 6.09 Å². The fraction of sp³-hybridized carbons (Fsp3) is 0.462. The Balaban J connectivity index is 1.81. The third kappa shape index (κ3) is 1.80. The Labute approximate surface area is 105 Å². The zero-order chi connectivity index (χ0) is 12.6. The van der Waals surface area contributed by atoms with E-state index in [1.807, 2.05) is 12.1 Å². The summed E-state index contributed by atoms with van der Waals surface area (Å²) in [6.07, 6.45) is 0.684. The predicted molar refractivity (Wildman–Crippen MR) is 65.2 cm³/mol. The number of hydrogen-bond donors (Lipinski definition) is 2. The first kappa shape index (κ1) is 11.3. The van der Waals surface area contributed by atoms with E-state index in [0.717, 1.165) is 25.1 Å². The van der Waals surface area contributed by atoms with E-state index in [1.165, 1.54) is 0 Å². The maximum atomic E-state index is 11.8. The van der Waals surface area contributed by atoms with Crippen LogP contribution < -0.4 is 5.32 Å². The molecule has 1 spiro atoms. The number of nitrogens with one attached hydrogen (secondary N) is 1. The zero-order valence-corrected chi connectivity index (χ0v) is 10.1. The number of ether oxygens (including phenoxy) is 1. The molecule has 0 saturated carbocycles. The highest BCUT2D eigenvalue weighted by Crippen LogP contribution is 2.31. The molecule has 5 heteroatoms. The first-order valence-electron chi connectivity index (χ1n) is 6.13. The van der Waals surface area contributed by atoms with E-state index in [9.17, 15) is 9.90 Å². The molecule has 3 rings (SSSR count). The summed E-state index contributed by atoms with van der Waals surface area (Å²) in [5, 5.41) is 12.5. The summed E-state index contributed by atoms with van der Waals surface area (Å²) in [4.78, 5) is 13.6. The first-order valence-corrected chi connectivity index (χ1v) is 6.13. The zero-order valence-electron chi connectivity index (χ0n) is 10.1. The standard InChI is InChI=1S/C13H16N2O3/c16-11-3-1-10(2-4-11)7-15-12(17)18-9-13(15)5-6-14-8-13/h1-4,14,16H,5-9H2. The lowest BCUT2D eigenvalue weighted by atomic mass is 9.98. The second-order valence-electron chi connectivity index (χ2n) is 4.96. The van der Waals surface area contributed by atoms with Crippen molar-refractivity contribution < 1.29 is 14.6 Å². The van der Waals surface area contributed by atoms with Crippen molar-refractivity contribution in [2.75, 3.05) is 19.7 Å². The Hall–Kier alpha value is -1.75. The van der Waals surface area contributed by atoms with Crippen molar-refractivity contribution in [1.29, 1.82) is 0 Å². The second kappa shape index (κ2) is 4.17. The lowest BCUT2D eigenvalue weighted by Crippen LogP contribution is -2.48. The van der Waals surface area contributed by atoms with Crippen LogP contribution in [0.25, 0.3) is 0 Å². The van der Waals surface area contributed by atoms with Gasteiger partial charge in [0.1, 0.15) is 12.4 Å². The topological polar surface area (TPSA) is 61.8 Å². The smallest absolute Gasteiger partial charge is 0.410 e. The van der Waals surface area contributed by atoms with E-state index >= 15 is 0 Å². The minimum Gasteiger partial charge on any atom is -0.508 e. The summed E-state index contributed by atoms with van der Waals surface area (Å²) in [5.74, 6) is 0.236. The van der Waals surface area contributed by atoms with Gasteiger partial charge in [-0.25, -0.2) is 4.79 Å². The van der Waals surface area contributed by atoms with Gasteiger partial charge in [0.05, 0.1) is 5.54 Å². The number of rotatable bonds is 2. The summed E-state index contributed by atoms with van der Waals surface area (Å²) in [6.45, 7) is 2.71. The summed E-state index contributed by atoms with van der Waals surface area (Å²) >= 11 is 0. The molecular formula is C13H16N2O3. The number of carbonyl (C=O) groups is 1. The van der Waals surface area contributed by atoms with Crippen LogP contribution in [0.2, 0.25) is 0 Å². The molecule has 0 radical (unpaired) electrons. The van der Waals surface area contributed by atoms with Crippen molar-refractivity contribution in [3.8, 4) is 5.75 Å². The molecule has 2 aliphatic rings. The highest BCUT2D eigenvalue weighted by atomic mass is 16.6. The third-order valence-electron chi connectivity index (χ3n) is 3.76. The van der Waals surface area contributed by atoms with Crippen LogP contribution in [-0.4, -0.2) is 41.3 Å². The molecule has 0 bridgehead atoms. The molecule has 2 N–H and O–H groups in total. The Bertz CT molecular complexity index is 452. The van der Waals surface area contributed by atoms with Gasteiger partial charge in [0.15, 0.2) is 0 Å². The monoisotopic (exact) mass is 248 g/mol. The van der Waals surface area contributed by atoms with Crippen molar-refractivity contribution in [3.63, 3.8) is 0 Å². The number of amides is 1. The molecule has 96 valence electrons. The number of nitrogens with zero attached hydrogens (tertiary/aromatic N) is 1. The van der Waals surface area contributed by atoms with Gasteiger partial charge in [-0.1, -0.05) is 12.1 Å². The van der Waals surface area contributed by atoms with Crippen molar-refractivity contribution in [2.45, 2.75) is 18.5 Å². The van der Waals surface area contributed by atoms with Crippen LogP contribution in [-0.2, 0) is 11.3 Å². The lowest BCUT2D eigenvalue weighted by Gasteiger charge is -2.30. The summed E-state index contributed by atoms with van der Waals surface area (Å²) in [7, 11) is 0. The van der Waals surface area contributed by atoms with Crippen LogP contribution in [0.5, 0.6) is 5.75 Å².